The zero-order chi connectivity index (χ0) is 10.3. The molecule has 0 unspecified atom stereocenters. The maximum absolute atomic E-state index is 11.4. The molecule has 2 aliphatic rings. The van der Waals surface area contributed by atoms with Crippen molar-refractivity contribution in [2.45, 2.75) is 18.2 Å². The summed E-state index contributed by atoms with van der Waals surface area (Å²) in [5.74, 6) is 0.393. The topological polar surface area (TPSA) is 26.3 Å². The molecule has 0 heterocycles. The number of hydrogen-bond donors (Lipinski definition) is 0. The van der Waals surface area contributed by atoms with E-state index in [1.807, 2.05) is 6.08 Å². The van der Waals surface area contributed by atoms with Gasteiger partial charge in [0.15, 0.2) is 0 Å². The van der Waals surface area contributed by atoms with E-state index < -0.39 is 0 Å². The van der Waals surface area contributed by atoms with Crippen LogP contribution in [0.4, 0.5) is 0 Å². The van der Waals surface area contributed by atoms with Crippen molar-refractivity contribution in [3.63, 3.8) is 0 Å². The summed E-state index contributed by atoms with van der Waals surface area (Å²) < 4.78 is 4.76. The molecule has 1 fully saturated rings. The number of carbonyl (C=O) groups excluding carboxylic acids is 1. The lowest BCUT2D eigenvalue weighted by atomic mass is 9.93. The first-order valence-corrected chi connectivity index (χ1v) is 5.54. The Bertz CT molecular complexity index is 288. The number of methoxy groups -OCH3 is 1. The molecule has 0 spiro atoms. The van der Waals surface area contributed by atoms with Crippen LogP contribution in [0.3, 0.4) is 0 Å². The van der Waals surface area contributed by atoms with Gasteiger partial charge >= 0.3 is 5.97 Å². The lowest BCUT2D eigenvalue weighted by Crippen LogP contribution is -2.19. The minimum Gasteiger partial charge on any atom is -0.469 e. The van der Waals surface area contributed by atoms with E-state index in [0.717, 1.165) is 12.8 Å². The monoisotopic (exact) mass is 234 g/mol. The van der Waals surface area contributed by atoms with Crippen LogP contribution in [0.15, 0.2) is 11.1 Å². The molecule has 0 N–H and O–H groups in total. The molecule has 0 aromatic rings. The Balaban J connectivity index is 2.19. The summed E-state index contributed by atoms with van der Waals surface area (Å²) in [6, 6.07) is 0. The second kappa shape index (κ2) is 3.74. The molecule has 2 rings (SSSR count). The number of alkyl halides is 1. The number of allylic oxidation sites excluding steroid dienone is 2. The van der Waals surface area contributed by atoms with Gasteiger partial charge in [-0.25, -0.2) is 0 Å². The van der Waals surface area contributed by atoms with Gasteiger partial charge in [-0.05, 0) is 24.7 Å². The van der Waals surface area contributed by atoms with Gasteiger partial charge in [0.2, 0.25) is 0 Å². The van der Waals surface area contributed by atoms with Crippen molar-refractivity contribution in [2.75, 3.05) is 7.11 Å². The molecule has 78 valence electrons. The molecule has 14 heavy (non-hydrogen) atoms. The smallest absolute Gasteiger partial charge is 0.309 e. The first-order valence-electron chi connectivity index (χ1n) is 4.72. The molecule has 0 saturated heterocycles. The average Bonchev–Trinajstić information content (AvgIpc) is 2.54. The number of ether oxygens (including phenoxy) is 1. The fourth-order valence-corrected chi connectivity index (χ4v) is 3.10. The Morgan fingerprint density at radius 3 is 2.93 bits per heavy atom. The summed E-state index contributed by atoms with van der Waals surface area (Å²) in [7, 11) is 1.42. The van der Waals surface area contributed by atoms with Gasteiger partial charge in [0, 0.05) is 5.03 Å². The van der Waals surface area contributed by atoms with Crippen molar-refractivity contribution in [2.24, 2.45) is 17.8 Å². The Labute approximate surface area is 93.2 Å². The summed E-state index contributed by atoms with van der Waals surface area (Å²) >= 11 is 12.1. The fourth-order valence-electron chi connectivity index (χ4n) is 2.48. The minimum absolute atomic E-state index is 0.0394. The minimum atomic E-state index is -0.135. The van der Waals surface area contributed by atoms with Crippen LogP contribution in [0.2, 0.25) is 0 Å². The molecule has 2 aliphatic carbocycles. The summed E-state index contributed by atoms with van der Waals surface area (Å²) in [6.45, 7) is 0. The molecule has 1 saturated carbocycles. The summed E-state index contributed by atoms with van der Waals surface area (Å²) in [6.07, 6.45) is 3.69. The molecule has 0 radical (unpaired) electrons. The highest BCUT2D eigenvalue weighted by molar-refractivity contribution is 6.37. The molecule has 0 aromatic heterocycles. The number of esters is 1. The third-order valence-corrected chi connectivity index (χ3v) is 4.27. The highest BCUT2D eigenvalue weighted by atomic mass is 35.5. The summed E-state index contributed by atoms with van der Waals surface area (Å²) in [4.78, 5) is 11.4. The Morgan fingerprint density at radius 2 is 2.29 bits per heavy atom. The third-order valence-electron chi connectivity index (χ3n) is 3.20. The molecule has 0 aromatic carbocycles. The number of halogens is 2. The Hall–Kier alpha value is -0.210. The van der Waals surface area contributed by atoms with Crippen molar-refractivity contribution in [1.29, 1.82) is 0 Å². The van der Waals surface area contributed by atoms with Crippen molar-refractivity contribution in [3.05, 3.63) is 11.1 Å². The van der Waals surface area contributed by atoms with E-state index in [4.69, 9.17) is 27.9 Å². The van der Waals surface area contributed by atoms with Crippen molar-refractivity contribution < 1.29 is 9.53 Å². The Morgan fingerprint density at radius 1 is 1.57 bits per heavy atom. The quantitative estimate of drug-likeness (QED) is 0.515. The number of rotatable bonds is 1. The molecule has 2 bridgehead atoms. The van der Waals surface area contributed by atoms with Crippen LogP contribution in [0.5, 0.6) is 0 Å². The molecular formula is C10H12Cl2O2. The van der Waals surface area contributed by atoms with Crippen LogP contribution in [-0.4, -0.2) is 18.5 Å². The molecular weight excluding hydrogens is 223 g/mol. The summed E-state index contributed by atoms with van der Waals surface area (Å²) in [5.41, 5.74) is 0. The first-order chi connectivity index (χ1) is 6.63. The van der Waals surface area contributed by atoms with Crippen LogP contribution in [0.1, 0.15) is 12.8 Å². The van der Waals surface area contributed by atoms with E-state index in [-0.39, 0.29) is 23.2 Å². The predicted molar refractivity (Wildman–Crippen MR) is 55.3 cm³/mol. The maximum atomic E-state index is 11.4. The fraction of sp³-hybridized carbons (Fsp3) is 0.700. The maximum Gasteiger partial charge on any atom is 0.309 e. The molecule has 0 aliphatic heterocycles. The third kappa shape index (κ3) is 1.55. The van der Waals surface area contributed by atoms with Gasteiger partial charge < -0.3 is 4.74 Å². The van der Waals surface area contributed by atoms with Crippen LogP contribution in [0, 0.1) is 17.8 Å². The number of carbonyl (C=O) groups is 1. The molecule has 4 atom stereocenters. The average molecular weight is 235 g/mol. The zero-order valence-electron chi connectivity index (χ0n) is 7.87. The summed E-state index contributed by atoms with van der Waals surface area (Å²) in [5, 5.41) is 0.585. The predicted octanol–water partition coefficient (Wildman–Crippen LogP) is 2.55. The first kappa shape index (κ1) is 10.3. The van der Waals surface area contributed by atoms with Gasteiger partial charge in [-0.3, -0.25) is 4.79 Å². The van der Waals surface area contributed by atoms with Crippen molar-refractivity contribution in [1.82, 2.24) is 0 Å². The number of fused-ring (bicyclic) bond motifs is 2. The van der Waals surface area contributed by atoms with Gasteiger partial charge in [-0.2, -0.15) is 0 Å². The Kier molecular flexibility index (Phi) is 2.76. The van der Waals surface area contributed by atoms with Crippen LogP contribution < -0.4 is 0 Å². The van der Waals surface area contributed by atoms with Gasteiger partial charge in [0.05, 0.1) is 18.4 Å². The van der Waals surface area contributed by atoms with E-state index in [2.05, 4.69) is 0 Å². The van der Waals surface area contributed by atoms with Gasteiger partial charge in [-0.1, -0.05) is 17.7 Å². The lowest BCUT2D eigenvalue weighted by molar-refractivity contribution is -0.146. The van der Waals surface area contributed by atoms with Crippen molar-refractivity contribution in [3.8, 4) is 0 Å². The van der Waals surface area contributed by atoms with E-state index in [1.165, 1.54) is 7.11 Å². The second-order valence-corrected chi connectivity index (χ2v) is 4.88. The molecule has 4 heteroatoms. The van der Waals surface area contributed by atoms with E-state index >= 15 is 0 Å². The SMILES string of the molecule is COC(=O)[C@H]1C[C@@H]2C[C@H]1C=C(Cl)[C@H]2Cl. The van der Waals surface area contributed by atoms with Crippen LogP contribution in [-0.2, 0) is 9.53 Å². The van der Waals surface area contributed by atoms with Gasteiger partial charge in [0.1, 0.15) is 0 Å². The number of hydrogen-bond acceptors (Lipinski definition) is 2. The van der Waals surface area contributed by atoms with Crippen molar-refractivity contribution >= 4 is 29.2 Å². The highest BCUT2D eigenvalue weighted by Crippen LogP contribution is 2.48. The zero-order valence-corrected chi connectivity index (χ0v) is 9.39. The van der Waals surface area contributed by atoms with Gasteiger partial charge in [-0.15, -0.1) is 11.6 Å². The second-order valence-electron chi connectivity index (χ2n) is 3.98. The van der Waals surface area contributed by atoms with Crippen LogP contribution in [0.25, 0.3) is 0 Å². The van der Waals surface area contributed by atoms with E-state index in [0.29, 0.717) is 11.0 Å². The van der Waals surface area contributed by atoms with Gasteiger partial charge in [0.25, 0.3) is 0 Å². The van der Waals surface area contributed by atoms with Crippen LogP contribution >= 0.6 is 23.2 Å². The largest absolute Gasteiger partial charge is 0.469 e. The lowest BCUT2D eigenvalue weighted by Gasteiger charge is -2.21. The molecule has 0 amide bonds. The standard InChI is InChI=1S/C10H12Cl2O2/c1-14-10(13)7-3-6-2-5(7)4-8(11)9(6)12/h4-7,9H,2-3H2,1H3/t5-,6-,7-,9-/m0/s1. The van der Waals surface area contributed by atoms with E-state index in [1.54, 1.807) is 0 Å². The highest BCUT2D eigenvalue weighted by Gasteiger charge is 2.44. The normalized spacial score (nSPS) is 40.6. The van der Waals surface area contributed by atoms with E-state index in [9.17, 15) is 4.79 Å². The molecule has 2 nitrogen and oxygen atoms in total.